The van der Waals surface area contributed by atoms with Crippen LogP contribution in [0.15, 0.2) is 18.2 Å². The molecule has 1 N–H and O–H groups in total. The van der Waals surface area contributed by atoms with E-state index in [0.717, 1.165) is 0 Å². The molecule has 22 heavy (non-hydrogen) atoms. The zero-order chi connectivity index (χ0) is 16.9. The van der Waals surface area contributed by atoms with Crippen LogP contribution in [-0.4, -0.2) is 37.7 Å². The lowest BCUT2D eigenvalue weighted by Gasteiger charge is -2.23. The van der Waals surface area contributed by atoms with E-state index < -0.39 is 17.6 Å². The summed E-state index contributed by atoms with van der Waals surface area (Å²) in [5.41, 5.74) is -0.192. The van der Waals surface area contributed by atoms with Gasteiger partial charge in [0, 0.05) is 5.54 Å². The third-order valence-electron chi connectivity index (χ3n) is 2.78. The van der Waals surface area contributed by atoms with E-state index >= 15 is 0 Å². The van der Waals surface area contributed by atoms with Crippen molar-refractivity contribution in [3.05, 3.63) is 23.8 Å². The molecular formula is C16H23NO5. The van der Waals surface area contributed by atoms with E-state index in [1.54, 1.807) is 12.1 Å². The highest BCUT2D eigenvalue weighted by molar-refractivity contribution is 5.95. The van der Waals surface area contributed by atoms with Gasteiger partial charge >= 0.3 is 5.97 Å². The molecule has 1 amide bonds. The first-order valence-corrected chi connectivity index (χ1v) is 6.93. The fourth-order valence-corrected chi connectivity index (χ4v) is 1.72. The van der Waals surface area contributed by atoms with Gasteiger partial charge in [0.2, 0.25) is 0 Å². The summed E-state index contributed by atoms with van der Waals surface area (Å²) in [4.78, 5) is 24.2. The summed E-state index contributed by atoms with van der Waals surface area (Å²) < 4.78 is 15.4. The van der Waals surface area contributed by atoms with Crippen LogP contribution in [0.25, 0.3) is 0 Å². The normalized spacial score (nSPS) is 12.3. The maximum Gasteiger partial charge on any atom is 0.342 e. The second kappa shape index (κ2) is 7.15. The topological polar surface area (TPSA) is 73.9 Å². The SMILES string of the molecule is COc1ccc(OC)c(C(=O)O[C@@H](C)C(=O)NC(C)(C)C)c1. The van der Waals surface area contributed by atoms with Gasteiger partial charge in [0.05, 0.1) is 14.2 Å². The van der Waals surface area contributed by atoms with Crippen molar-refractivity contribution in [1.82, 2.24) is 5.32 Å². The second-order valence-electron chi connectivity index (χ2n) is 5.85. The van der Waals surface area contributed by atoms with Gasteiger partial charge in [0.1, 0.15) is 17.1 Å². The third kappa shape index (κ3) is 4.95. The Kier molecular flexibility index (Phi) is 5.79. The van der Waals surface area contributed by atoms with Gasteiger partial charge in [-0.15, -0.1) is 0 Å². The molecule has 0 saturated carbocycles. The fourth-order valence-electron chi connectivity index (χ4n) is 1.72. The van der Waals surface area contributed by atoms with E-state index in [2.05, 4.69) is 5.32 Å². The molecule has 0 radical (unpaired) electrons. The Balaban J connectivity index is 2.86. The van der Waals surface area contributed by atoms with Crippen molar-refractivity contribution >= 4 is 11.9 Å². The van der Waals surface area contributed by atoms with Crippen molar-refractivity contribution in [2.75, 3.05) is 14.2 Å². The molecule has 1 aromatic rings. The number of hydrogen-bond acceptors (Lipinski definition) is 5. The molecule has 1 rings (SSSR count). The average molecular weight is 309 g/mol. The standard InChI is InChI=1S/C16H23NO5/c1-10(14(18)17-16(2,3)4)22-15(19)12-9-11(20-5)7-8-13(12)21-6/h7-10H,1-6H3,(H,17,18)/t10-/m0/s1. The van der Waals surface area contributed by atoms with Gasteiger partial charge in [-0.3, -0.25) is 4.79 Å². The first kappa shape index (κ1) is 17.8. The number of benzene rings is 1. The van der Waals surface area contributed by atoms with Crippen LogP contribution in [0.3, 0.4) is 0 Å². The Morgan fingerprint density at radius 3 is 2.27 bits per heavy atom. The molecule has 0 aliphatic rings. The average Bonchev–Trinajstić information content (AvgIpc) is 2.44. The van der Waals surface area contributed by atoms with Gasteiger partial charge < -0.3 is 19.5 Å². The minimum atomic E-state index is -0.914. The molecule has 6 heteroatoms. The van der Waals surface area contributed by atoms with E-state index in [4.69, 9.17) is 14.2 Å². The predicted octanol–water partition coefficient (Wildman–Crippen LogP) is 2.16. The molecule has 6 nitrogen and oxygen atoms in total. The first-order chi connectivity index (χ1) is 10.2. The maximum absolute atomic E-state index is 12.2. The third-order valence-corrected chi connectivity index (χ3v) is 2.78. The summed E-state index contributed by atoms with van der Waals surface area (Å²) in [5.74, 6) is -0.149. The Hall–Kier alpha value is -2.24. The summed E-state index contributed by atoms with van der Waals surface area (Å²) in [7, 11) is 2.95. The molecule has 0 aromatic heterocycles. The molecule has 0 fully saturated rings. The number of ether oxygens (including phenoxy) is 3. The smallest absolute Gasteiger partial charge is 0.342 e. The van der Waals surface area contributed by atoms with Crippen LogP contribution >= 0.6 is 0 Å². The van der Waals surface area contributed by atoms with Crippen molar-refractivity contribution in [2.45, 2.75) is 39.3 Å². The van der Waals surface area contributed by atoms with Crippen molar-refractivity contribution in [2.24, 2.45) is 0 Å². The lowest BCUT2D eigenvalue weighted by atomic mass is 10.1. The van der Waals surface area contributed by atoms with Gasteiger partial charge in [0.15, 0.2) is 6.10 Å². The molecule has 0 bridgehead atoms. The molecule has 0 aliphatic carbocycles. The van der Waals surface area contributed by atoms with Gasteiger partial charge in [0.25, 0.3) is 5.91 Å². The van der Waals surface area contributed by atoms with Crippen LogP contribution in [0.2, 0.25) is 0 Å². The Morgan fingerprint density at radius 1 is 1.14 bits per heavy atom. The minimum Gasteiger partial charge on any atom is -0.497 e. The van der Waals surface area contributed by atoms with Crippen LogP contribution in [0, 0.1) is 0 Å². The lowest BCUT2D eigenvalue weighted by molar-refractivity contribution is -0.130. The molecule has 0 spiro atoms. The monoisotopic (exact) mass is 309 g/mol. The number of esters is 1. The zero-order valence-electron chi connectivity index (χ0n) is 13.9. The highest BCUT2D eigenvalue weighted by atomic mass is 16.5. The van der Waals surface area contributed by atoms with Crippen LogP contribution in [0.1, 0.15) is 38.1 Å². The number of nitrogens with one attached hydrogen (secondary N) is 1. The Morgan fingerprint density at radius 2 is 1.77 bits per heavy atom. The Labute approximate surface area is 130 Å². The van der Waals surface area contributed by atoms with Crippen molar-refractivity contribution in [3.63, 3.8) is 0 Å². The quantitative estimate of drug-likeness (QED) is 0.844. The largest absolute Gasteiger partial charge is 0.497 e. The number of carbonyl (C=O) groups excluding carboxylic acids is 2. The van der Waals surface area contributed by atoms with Crippen molar-refractivity contribution in [3.8, 4) is 11.5 Å². The number of carbonyl (C=O) groups is 2. The van der Waals surface area contributed by atoms with E-state index in [1.165, 1.54) is 27.2 Å². The molecule has 122 valence electrons. The van der Waals surface area contributed by atoms with E-state index in [-0.39, 0.29) is 11.5 Å². The van der Waals surface area contributed by atoms with Gasteiger partial charge in [-0.2, -0.15) is 0 Å². The van der Waals surface area contributed by atoms with E-state index in [0.29, 0.717) is 11.5 Å². The van der Waals surface area contributed by atoms with Crippen LogP contribution in [-0.2, 0) is 9.53 Å². The first-order valence-electron chi connectivity index (χ1n) is 6.93. The Bertz CT molecular complexity index is 548. The van der Waals surface area contributed by atoms with Crippen LogP contribution < -0.4 is 14.8 Å². The molecule has 0 unspecified atom stereocenters. The zero-order valence-corrected chi connectivity index (χ0v) is 13.9. The van der Waals surface area contributed by atoms with Crippen molar-refractivity contribution < 1.29 is 23.8 Å². The van der Waals surface area contributed by atoms with Crippen LogP contribution in [0.5, 0.6) is 11.5 Å². The number of hydrogen-bond donors (Lipinski definition) is 1. The fraction of sp³-hybridized carbons (Fsp3) is 0.500. The predicted molar refractivity (Wildman–Crippen MR) is 82.3 cm³/mol. The van der Waals surface area contributed by atoms with Crippen molar-refractivity contribution in [1.29, 1.82) is 0 Å². The highest BCUT2D eigenvalue weighted by Gasteiger charge is 2.24. The van der Waals surface area contributed by atoms with E-state index in [9.17, 15) is 9.59 Å². The van der Waals surface area contributed by atoms with Gasteiger partial charge in [-0.05, 0) is 45.9 Å². The molecule has 1 aromatic carbocycles. The number of amides is 1. The van der Waals surface area contributed by atoms with Gasteiger partial charge in [-0.25, -0.2) is 4.79 Å². The molecule has 0 heterocycles. The summed E-state index contributed by atoms with van der Waals surface area (Å²) in [6.45, 7) is 7.07. The summed E-state index contributed by atoms with van der Waals surface area (Å²) in [5, 5.41) is 2.75. The highest BCUT2D eigenvalue weighted by Crippen LogP contribution is 2.25. The number of methoxy groups -OCH3 is 2. The minimum absolute atomic E-state index is 0.206. The molecule has 0 saturated heterocycles. The summed E-state index contributed by atoms with van der Waals surface area (Å²) in [6, 6.07) is 4.79. The van der Waals surface area contributed by atoms with Gasteiger partial charge in [-0.1, -0.05) is 0 Å². The molecule has 1 atom stereocenters. The van der Waals surface area contributed by atoms with E-state index in [1.807, 2.05) is 20.8 Å². The number of rotatable bonds is 5. The summed E-state index contributed by atoms with van der Waals surface area (Å²) in [6.07, 6.45) is -0.914. The summed E-state index contributed by atoms with van der Waals surface area (Å²) >= 11 is 0. The maximum atomic E-state index is 12.2. The lowest BCUT2D eigenvalue weighted by Crippen LogP contribution is -2.46. The molecule has 0 aliphatic heterocycles. The second-order valence-corrected chi connectivity index (χ2v) is 5.85. The van der Waals surface area contributed by atoms with Crippen LogP contribution in [0.4, 0.5) is 0 Å². The molecular weight excluding hydrogens is 286 g/mol.